The number of hydrogen-bond acceptors (Lipinski definition) is 6. The first-order chi connectivity index (χ1) is 14.4. The van der Waals surface area contributed by atoms with Crippen LogP contribution in [0.25, 0.3) is 11.3 Å². The molecule has 0 radical (unpaired) electrons. The van der Waals surface area contributed by atoms with Crippen molar-refractivity contribution in [1.82, 2.24) is 19.7 Å². The van der Waals surface area contributed by atoms with Crippen molar-refractivity contribution in [3.8, 4) is 23.1 Å². The molecule has 0 spiro atoms. The van der Waals surface area contributed by atoms with Gasteiger partial charge < -0.3 is 16.6 Å². The van der Waals surface area contributed by atoms with E-state index in [1.807, 2.05) is 0 Å². The summed E-state index contributed by atoms with van der Waals surface area (Å²) in [5.74, 6) is 3.66. The number of alkyl halides is 3. The number of aliphatic hydroxyl groups is 1. The Bertz CT molecular complexity index is 1230. The summed E-state index contributed by atoms with van der Waals surface area (Å²) in [6.07, 6.45) is -0.849. The highest BCUT2D eigenvalue weighted by Gasteiger charge is 2.60. The van der Waals surface area contributed by atoms with Crippen LogP contribution in [0.3, 0.4) is 0 Å². The van der Waals surface area contributed by atoms with Crippen molar-refractivity contribution in [2.75, 3.05) is 5.73 Å². The molecule has 11 heteroatoms. The van der Waals surface area contributed by atoms with Gasteiger partial charge in [0, 0.05) is 24.4 Å². The number of nitrogens with two attached hydrogens (primary N) is 2. The highest BCUT2D eigenvalue weighted by molar-refractivity contribution is 5.86. The number of hydrogen-bond donors (Lipinski definition) is 3. The summed E-state index contributed by atoms with van der Waals surface area (Å²) in [5.41, 5.74) is 7.66. The third-order valence-electron chi connectivity index (χ3n) is 4.53. The van der Waals surface area contributed by atoms with Crippen LogP contribution in [-0.4, -0.2) is 36.9 Å². The lowest BCUT2D eigenvalue weighted by atomic mass is 9.89. The molecule has 2 aromatic heterocycles. The lowest BCUT2D eigenvalue weighted by Crippen LogP contribution is -2.52. The third kappa shape index (κ3) is 4.06. The number of halogens is 3. The number of carbonyl (C=O) groups excluding carboxylic acids is 1. The quantitative estimate of drug-likeness (QED) is 0.538. The molecule has 3 aromatic rings. The summed E-state index contributed by atoms with van der Waals surface area (Å²) in [6, 6.07) is 3.28. The summed E-state index contributed by atoms with van der Waals surface area (Å²) in [5, 5.41) is 14.1. The second kappa shape index (κ2) is 7.73. The van der Waals surface area contributed by atoms with Crippen LogP contribution in [0.1, 0.15) is 22.4 Å². The maximum atomic E-state index is 13.4. The largest absolute Gasteiger partial charge is 0.430 e. The average Bonchev–Trinajstić information content (AvgIpc) is 3.11. The van der Waals surface area contributed by atoms with Crippen molar-refractivity contribution < 1.29 is 23.1 Å². The molecule has 0 aliphatic carbocycles. The van der Waals surface area contributed by atoms with Crippen LogP contribution in [0.15, 0.2) is 36.8 Å². The van der Waals surface area contributed by atoms with Gasteiger partial charge >= 0.3 is 6.18 Å². The van der Waals surface area contributed by atoms with E-state index in [0.717, 1.165) is 12.1 Å². The zero-order valence-electron chi connectivity index (χ0n) is 16.4. The predicted molar refractivity (Wildman–Crippen MR) is 105 cm³/mol. The number of aryl methyl sites for hydroxylation is 2. The third-order valence-corrected chi connectivity index (χ3v) is 4.53. The zero-order chi connectivity index (χ0) is 23.0. The van der Waals surface area contributed by atoms with Gasteiger partial charge in [0.25, 0.3) is 11.5 Å². The van der Waals surface area contributed by atoms with Gasteiger partial charge in [-0.3, -0.25) is 9.48 Å². The van der Waals surface area contributed by atoms with E-state index in [9.17, 15) is 23.1 Å². The molecule has 0 saturated carbocycles. The van der Waals surface area contributed by atoms with Crippen molar-refractivity contribution in [1.29, 1.82) is 0 Å². The molecule has 0 saturated heterocycles. The van der Waals surface area contributed by atoms with Crippen LogP contribution in [0.5, 0.6) is 0 Å². The molecule has 8 nitrogen and oxygen atoms in total. The standard InChI is InChI=1S/C20H17F3N6O2/c1-11-3-5-13(19(31,18(25)30)20(21,22)23)7-14(11)16-9-26-17(24)15(28-16)6-4-12-8-27-29(2)10-12/h3,5,7-10,31H,1-2H3,(H2,24,26)(H2,25,30). The second-order valence-corrected chi connectivity index (χ2v) is 6.74. The van der Waals surface area contributed by atoms with Gasteiger partial charge in [0.15, 0.2) is 11.5 Å². The molecule has 3 rings (SSSR count). The minimum atomic E-state index is -5.32. The fraction of sp³-hybridized carbons (Fsp3) is 0.200. The van der Waals surface area contributed by atoms with Gasteiger partial charge in [-0.25, -0.2) is 9.97 Å². The molecule has 1 aromatic carbocycles. The van der Waals surface area contributed by atoms with E-state index < -0.39 is 23.2 Å². The number of rotatable bonds is 3. The normalized spacial score (nSPS) is 13.2. The molecule has 1 atom stereocenters. The van der Waals surface area contributed by atoms with E-state index >= 15 is 0 Å². The summed E-state index contributed by atoms with van der Waals surface area (Å²) in [6.45, 7) is 1.62. The lowest BCUT2D eigenvalue weighted by molar-refractivity contribution is -0.255. The van der Waals surface area contributed by atoms with Crippen LogP contribution in [-0.2, 0) is 17.4 Å². The molecule has 160 valence electrons. The fourth-order valence-corrected chi connectivity index (χ4v) is 2.81. The molecular formula is C20H17F3N6O2. The molecule has 0 fully saturated rings. The van der Waals surface area contributed by atoms with Crippen molar-refractivity contribution in [2.45, 2.75) is 18.7 Å². The second-order valence-electron chi connectivity index (χ2n) is 6.74. The lowest BCUT2D eigenvalue weighted by Gasteiger charge is -2.28. The zero-order valence-corrected chi connectivity index (χ0v) is 16.4. The Labute approximate surface area is 174 Å². The number of nitrogens with zero attached hydrogens (tertiary/aromatic N) is 4. The van der Waals surface area contributed by atoms with Crippen molar-refractivity contribution in [2.24, 2.45) is 12.8 Å². The number of aromatic nitrogens is 4. The molecular weight excluding hydrogens is 413 g/mol. The number of benzene rings is 1. The van der Waals surface area contributed by atoms with E-state index in [-0.39, 0.29) is 22.8 Å². The molecule has 1 unspecified atom stereocenters. The van der Waals surface area contributed by atoms with Crippen LogP contribution in [0, 0.1) is 18.8 Å². The van der Waals surface area contributed by atoms with Gasteiger partial charge in [-0.2, -0.15) is 18.3 Å². The Morgan fingerprint density at radius 2 is 1.94 bits per heavy atom. The molecule has 0 aliphatic heterocycles. The number of nitrogen functional groups attached to an aromatic ring is 1. The topological polar surface area (TPSA) is 133 Å². The molecule has 31 heavy (non-hydrogen) atoms. The van der Waals surface area contributed by atoms with E-state index in [1.54, 1.807) is 24.9 Å². The van der Waals surface area contributed by atoms with Gasteiger partial charge in [-0.05, 0) is 24.5 Å². The highest BCUT2D eigenvalue weighted by Crippen LogP contribution is 2.40. The molecule has 0 aliphatic rings. The summed E-state index contributed by atoms with van der Waals surface area (Å²) in [7, 11) is 1.73. The van der Waals surface area contributed by atoms with Crippen LogP contribution >= 0.6 is 0 Å². The van der Waals surface area contributed by atoms with Gasteiger partial charge in [0.1, 0.15) is 0 Å². The van der Waals surface area contributed by atoms with Crippen molar-refractivity contribution in [3.05, 3.63) is 59.2 Å². The monoisotopic (exact) mass is 430 g/mol. The van der Waals surface area contributed by atoms with Crippen LogP contribution in [0.2, 0.25) is 0 Å². The van der Waals surface area contributed by atoms with E-state index in [2.05, 4.69) is 26.9 Å². The maximum absolute atomic E-state index is 13.4. The number of primary amides is 1. The number of amides is 1. The van der Waals surface area contributed by atoms with E-state index in [0.29, 0.717) is 11.1 Å². The Kier molecular flexibility index (Phi) is 5.43. The van der Waals surface area contributed by atoms with E-state index in [1.165, 1.54) is 18.5 Å². The van der Waals surface area contributed by atoms with Crippen molar-refractivity contribution in [3.63, 3.8) is 0 Å². The SMILES string of the molecule is Cc1ccc(C(O)(C(N)=O)C(F)(F)F)cc1-c1cnc(N)c(C#Cc2cnn(C)c2)n1. The molecule has 2 heterocycles. The van der Waals surface area contributed by atoms with Gasteiger partial charge in [-0.15, -0.1) is 0 Å². The number of carbonyl (C=O) groups is 1. The van der Waals surface area contributed by atoms with E-state index in [4.69, 9.17) is 11.5 Å². The number of anilines is 1. The minimum absolute atomic E-state index is 0.0258. The Balaban J connectivity index is 2.11. The van der Waals surface area contributed by atoms with Crippen LogP contribution in [0.4, 0.5) is 19.0 Å². The molecule has 5 N–H and O–H groups in total. The minimum Gasteiger partial charge on any atom is -0.381 e. The summed E-state index contributed by atoms with van der Waals surface area (Å²) in [4.78, 5) is 19.8. The Morgan fingerprint density at radius 3 is 2.52 bits per heavy atom. The first kappa shape index (κ1) is 21.8. The average molecular weight is 430 g/mol. The van der Waals surface area contributed by atoms with Gasteiger partial charge in [-0.1, -0.05) is 18.1 Å². The molecule has 0 bridgehead atoms. The van der Waals surface area contributed by atoms with Crippen LogP contribution < -0.4 is 11.5 Å². The summed E-state index contributed by atoms with van der Waals surface area (Å²) < 4.78 is 41.9. The predicted octanol–water partition coefficient (Wildman–Crippen LogP) is 1.40. The van der Waals surface area contributed by atoms with Gasteiger partial charge in [0.2, 0.25) is 0 Å². The van der Waals surface area contributed by atoms with Crippen molar-refractivity contribution >= 4 is 11.7 Å². The fourth-order valence-electron chi connectivity index (χ4n) is 2.81. The maximum Gasteiger partial charge on any atom is 0.430 e. The first-order valence-electron chi connectivity index (χ1n) is 8.77. The first-order valence-corrected chi connectivity index (χ1v) is 8.77. The Morgan fingerprint density at radius 1 is 1.23 bits per heavy atom. The Hall–Kier alpha value is -3.91. The van der Waals surface area contributed by atoms with Gasteiger partial charge in [0.05, 0.1) is 23.7 Å². The summed E-state index contributed by atoms with van der Waals surface area (Å²) >= 11 is 0. The smallest absolute Gasteiger partial charge is 0.381 e. The molecule has 1 amide bonds. The highest BCUT2D eigenvalue weighted by atomic mass is 19.4.